The lowest BCUT2D eigenvalue weighted by Gasteiger charge is -2.20. The third kappa shape index (κ3) is 27.4. The van der Waals surface area contributed by atoms with Gasteiger partial charge in [0.2, 0.25) is 0 Å². The number of alkyl halides is 4. The maximum absolute atomic E-state index is 11.6. The monoisotopic (exact) mass is 838 g/mol. The van der Waals surface area contributed by atoms with Gasteiger partial charge >= 0.3 is 27.6 Å². The lowest BCUT2D eigenvalue weighted by atomic mass is 10.4. The normalized spacial score (nSPS) is 9.96. The molecular weight excluding hydrogens is 810 g/mol. The molecule has 3 atom stereocenters. The van der Waals surface area contributed by atoms with Crippen LogP contribution in [0.25, 0.3) is 0 Å². The minimum Gasteiger partial charge on any atom is -0.364 e. The van der Waals surface area contributed by atoms with Crippen LogP contribution in [0.1, 0.15) is 0 Å². The molecule has 266 valence electrons. The predicted molar refractivity (Wildman–Crippen MR) is 188 cm³/mol. The van der Waals surface area contributed by atoms with Crippen LogP contribution in [0.3, 0.4) is 0 Å². The quantitative estimate of drug-likeness (QED) is 0.0554. The van der Waals surface area contributed by atoms with Gasteiger partial charge in [-0.3, -0.25) is 28.7 Å². The molecule has 7 N–H and O–H groups in total. The van der Waals surface area contributed by atoms with E-state index in [0.717, 1.165) is 0 Å². The maximum atomic E-state index is 11.6. The fourth-order valence-corrected chi connectivity index (χ4v) is 3.44. The Morgan fingerprint density at radius 1 is 0.783 bits per heavy atom. The van der Waals surface area contributed by atoms with Crippen molar-refractivity contribution in [3.05, 3.63) is 68.1 Å². The van der Waals surface area contributed by atoms with Gasteiger partial charge in [-0.2, -0.15) is 13.4 Å². The summed E-state index contributed by atoms with van der Waals surface area (Å²) in [5.41, 5.74) is -2.63. The zero-order valence-corrected chi connectivity index (χ0v) is 31.2. The molecule has 0 amide bonds. The van der Waals surface area contributed by atoms with Crippen molar-refractivity contribution >= 4 is 108 Å². The Labute approximate surface area is 287 Å². The molecule has 0 aliphatic heterocycles. The number of rotatable bonds is 11. The summed E-state index contributed by atoms with van der Waals surface area (Å²) >= 11 is 22.3. The fourth-order valence-electron chi connectivity index (χ4n) is 2.63. The Bertz CT molecular complexity index is 1500. The van der Waals surface area contributed by atoms with Crippen LogP contribution in [0.5, 0.6) is 0 Å². The van der Waals surface area contributed by atoms with Gasteiger partial charge < -0.3 is 30.1 Å². The van der Waals surface area contributed by atoms with E-state index in [-0.39, 0.29) is 37.5 Å². The van der Waals surface area contributed by atoms with Crippen LogP contribution >= 0.6 is 80.2 Å². The number of aromatic nitrogens is 4. The predicted octanol–water partition coefficient (Wildman–Crippen LogP) is 1.44. The first kappa shape index (κ1) is 48.7. The van der Waals surface area contributed by atoms with Gasteiger partial charge in [0.1, 0.15) is 5.69 Å². The molecule has 0 aromatic carbocycles. The molecule has 0 saturated heterocycles. The Balaban J connectivity index is -0.000000588. The first-order chi connectivity index (χ1) is 21.2. The number of nitrogens with one attached hydrogen (secondary N) is 4. The fraction of sp³-hybridized carbons (Fsp3) is 0.500. The standard InChI is InChI=1S/C8H10Cl2N4O4.C8H11Cl2N3O2.HNO3.H2O4S.H6P4/c9-1-3-13(4-2-10)5-6(14(17)18)11-8(16)12-7(5)15;9-1-3-13(4-2-10)6-5-11-8(15)12-7(6)14;2-1(3)4;1-5(2,3)4;1-4(2)3/h1-4H2,(H2,11,12,15,16);5H,1-4H2,(H2,11,12,14,15);(H,2,3,4);(H2,1,2,3,4);1-3H2. The number of H-pyrrole nitrogens is 4. The Kier molecular flexibility index (Phi) is 28.9. The zero-order valence-electron chi connectivity index (χ0n) is 23.0. The van der Waals surface area contributed by atoms with Crippen molar-refractivity contribution in [3.63, 3.8) is 0 Å². The van der Waals surface area contributed by atoms with E-state index >= 15 is 0 Å². The first-order valence-electron chi connectivity index (χ1n) is 11.3. The number of nitrogens with zero attached hydrogens (tertiary/aromatic N) is 4. The van der Waals surface area contributed by atoms with Crippen molar-refractivity contribution in [3.8, 4) is 0 Å². The van der Waals surface area contributed by atoms with Crippen molar-refractivity contribution in [2.24, 2.45) is 0 Å². The highest BCUT2D eigenvalue weighted by molar-refractivity contribution is 8.65. The molecule has 0 fully saturated rings. The molecule has 30 heteroatoms. The summed E-state index contributed by atoms with van der Waals surface area (Å²) in [4.78, 5) is 74.8. The Hall–Kier alpha value is -1.69. The lowest BCUT2D eigenvalue weighted by molar-refractivity contribution is -0.742. The molecule has 2 heterocycles. The molecule has 2 aromatic heterocycles. The number of halogens is 4. The minimum atomic E-state index is -4.67. The van der Waals surface area contributed by atoms with Gasteiger partial charge in [0.15, 0.2) is 5.69 Å². The molecular formula is C16H30Cl4N8O13P4S. The van der Waals surface area contributed by atoms with E-state index in [0.29, 0.717) is 30.5 Å². The Morgan fingerprint density at radius 2 is 1.13 bits per heavy atom. The third-order valence-corrected chi connectivity index (χ3v) is 4.63. The van der Waals surface area contributed by atoms with Gasteiger partial charge in [-0.05, 0) is 11.9 Å². The summed E-state index contributed by atoms with van der Waals surface area (Å²) in [6.07, 6.45) is 1.36. The van der Waals surface area contributed by atoms with Crippen LogP contribution in [0.15, 0.2) is 25.4 Å². The smallest absolute Gasteiger partial charge is 0.364 e. The second-order valence-electron chi connectivity index (χ2n) is 7.18. The third-order valence-electron chi connectivity index (χ3n) is 3.96. The molecule has 3 unspecified atom stereocenters. The molecule has 0 aliphatic carbocycles. The molecule has 46 heavy (non-hydrogen) atoms. The molecule has 0 radical (unpaired) electrons. The summed E-state index contributed by atoms with van der Waals surface area (Å²) in [6, 6.07) is 0. The highest BCUT2D eigenvalue weighted by Crippen LogP contribution is 2.59. The van der Waals surface area contributed by atoms with Gasteiger partial charge in [-0.15, -0.1) is 83.3 Å². The van der Waals surface area contributed by atoms with E-state index < -0.39 is 48.7 Å². The van der Waals surface area contributed by atoms with Crippen molar-refractivity contribution < 1.29 is 32.7 Å². The highest BCUT2D eigenvalue weighted by atomic mass is 35.5. The van der Waals surface area contributed by atoms with E-state index in [1.54, 1.807) is 4.90 Å². The van der Waals surface area contributed by atoms with Crippen LogP contribution in [-0.4, -0.2) is 102 Å². The second kappa shape index (κ2) is 27.3. The van der Waals surface area contributed by atoms with Crippen molar-refractivity contribution in [1.29, 1.82) is 0 Å². The molecule has 21 nitrogen and oxygen atoms in total. The van der Waals surface area contributed by atoms with Crippen LogP contribution in [0.2, 0.25) is 0 Å². The molecule has 0 bridgehead atoms. The Morgan fingerprint density at radius 3 is 1.46 bits per heavy atom. The van der Waals surface area contributed by atoms with Crippen molar-refractivity contribution in [2.45, 2.75) is 0 Å². The SMILES string of the molecule is O=S(=O)(O)O.O=[N+]([O-])O.O=c1[nH]c([N+](=O)[O-])c(N(CCCl)CCCl)c(=O)[nH]1.O=c1[nH]cc(N(CCCl)CCCl)c(=O)[nH]1.PP(P)P. The summed E-state index contributed by atoms with van der Waals surface area (Å²) < 4.78 is 31.6. The van der Waals surface area contributed by atoms with E-state index in [2.05, 4.69) is 36.8 Å². The first-order valence-corrected chi connectivity index (χ1v) is 21.0. The van der Waals surface area contributed by atoms with Gasteiger partial charge in [-0.25, -0.2) is 9.59 Å². The van der Waals surface area contributed by atoms with Crippen LogP contribution < -0.4 is 32.3 Å². The van der Waals surface area contributed by atoms with Crippen LogP contribution in [0, 0.1) is 20.2 Å². The van der Waals surface area contributed by atoms with Crippen LogP contribution in [0.4, 0.5) is 17.2 Å². The van der Waals surface area contributed by atoms with Gasteiger partial charge in [0.25, 0.3) is 16.2 Å². The average molecular weight is 840 g/mol. The molecule has 2 aromatic rings. The van der Waals surface area contributed by atoms with Gasteiger partial charge in [0.05, 0.1) is 0 Å². The van der Waals surface area contributed by atoms with Gasteiger partial charge in [-0.1, -0.05) is 0 Å². The van der Waals surface area contributed by atoms with Crippen molar-refractivity contribution in [1.82, 2.24) is 19.9 Å². The second-order valence-corrected chi connectivity index (χ2v) is 21.2. The number of hydrogen-bond acceptors (Lipinski definition) is 12. The highest BCUT2D eigenvalue weighted by Gasteiger charge is 2.23. The van der Waals surface area contributed by atoms with Crippen LogP contribution in [-0.2, 0) is 10.4 Å². The largest absolute Gasteiger partial charge is 0.413 e. The minimum absolute atomic E-state index is 0.130. The summed E-state index contributed by atoms with van der Waals surface area (Å²) in [5.74, 6) is 0.420. The molecule has 0 saturated carbocycles. The topological polar surface area (TPSA) is 319 Å². The van der Waals surface area contributed by atoms with E-state index in [4.69, 9.17) is 79.2 Å². The maximum Gasteiger partial charge on any atom is 0.413 e. The number of aromatic amines is 4. The molecule has 2 rings (SSSR count). The van der Waals surface area contributed by atoms with E-state index in [1.165, 1.54) is 11.1 Å². The molecule has 0 aliphatic rings. The number of hydrogen-bond donors (Lipinski definition) is 7. The van der Waals surface area contributed by atoms with Gasteiger partial charge in [0, 0.05) is 55.9 Å². The number of anilines is 2. The average Bonchev–Trinajstić information content (AvgIpc) is 2.87. The lowest BCUT2D eigenvalue weighted by Crippen LogP contribution is -2.36. The molecule has 0 spiro atoms. The van der Waals surface area contributed by atoms with Crippen molar-refractivity contribution in [2.75, 3.05) is 59.5 Å². The number of nitro groups is 1. The summed E-state index contributed by atoms with van der Waals surface area (Å²) in [6.45, 7) is 1.53. The zero-order chi connectivity index (χ0) is 36.6. The van der Waals surface area contributed by atoms with E-state index in [9.17, 15) is 29.3 Å². The van der Waals surface area contributed by atoms with E-state index in [1.807, 2.05) is 9.97 Å². The summed E-state index contributed by atoms with van der Waals surface area (Å²) in [5, 5.41) is 24.5. The summed E-state index contributed by atoms with van der Waals surface area (Å²) in [7, 11) is 3.28.